The summed E-state index contributed by atoms with van der Waals surface area (Å²) in [4.78, 5) is 9.61. The number of halogens is 1. The van der Waals surface area contributed by atoms with Crippen LogP contribution in [0, 0.1) is 15.9 Å². The fraction of sp³-hybridized carbons (Fsp3) is 0.250. The van der Waals surface area contributed by atoms with E-state index in [9.17, 15) is 19.6 Å². The number of nitro benzene ring substituents is 1. The molecule has 1 aromatic rings. The predicted octanol–water partition coefficient (Wildman–Crippen LogP) is 1.46. The number of phenols is 1. The first-order valence-electron chi connectivity index (χ1n) is 3.86. The molecule has 0 heterocycles. The number of nitro groups is 1. The van der Waals surface area contributed by atoms with Crippen molar-refractivity contribution in [2.24, 2.45) is 5.73 Å². The van der Waals surface area contributed by atoms with Crippen molar-refractivity contribution in [3.05, 3.63) is 33.6 Å². The van der Waals surface area contributed by atoms with Crippen LogP contribution >= 0.6 is 0 Å². The van der Waals surface area contributed by atoms with Crippen molar-refractivity contribution in [2.75, 3.05) is 0 Å². The second kappa shape index (κ2) is 3.59. The fourth-order valence-electron chi connectivity index (χ4n) is 1.06. The molecule has 0 aliphatic rings. The Morgan fingerprint density at radius 2 is 2.21 bits per heavy atom. The van der Waals surface area contributed by atoms with E-state index in [-0.39, 0.29) is 5.56 Å². The van der Waals surface area contributed by atoms with Crippen molar-refractivity contribution in [1.29, 1.82) is 0 Å². The maximum absolute atomic E-state index is 13.0. The zero-order valence-electron chi connectivity index (χ0n) is 7.40. The van der Waals surface area contributed by atoms with Crippen LogP contribution in [0.2, 0.25) is 0 Å². The van der Waals surface area contributed by atoms with Gasteiger partial charge in [0.1, 0.15) is 0 Å². The number of rotatable bonds is 2. The van der Waals surface area contributed by atoms with Crippen molar-refractivity contribution in [2.45, 2.75) is 13.0 Å². The molecule has 0 spiro atoms. The third-order valence-electron chi connectivity index (χ3n) is 1.78. The summed E-state index contributed by atoms with van der Waals surface area (Å²) >= 11 is 0. The fourth-order valence-corrected chi connectivity index (χ4v) is 1.06. The number of benzene rings is 1. The van der Waals surface area contributed by atoms with Crippen LogP contribution in [-0.4, -0.2) is 10.0 Å². The lowest BCUT2D eigenvalue weighted by atomic mass is 10.1. The van der Waals surface area contributed by atoms with Gasteiger partial charge in [-0.1, -0.05) is 0 Å². The van der Waals surface area contributed by atoms with Crippen LogP contribution < -0.4 is 5.73 Å². The first kappa shape index (κ1) is 10.4. The Labute approximate surface area is 79.1 Å². The third kappa shape index (κ3) is 1.80. The number of aromatic hydroxyl groups is 1. The highest BCUT2D eigenvalue weighted by Crippen LogP contribution is 2.30. The molecule has 0 bridgehead atoms. The smallest absolute Gasteiger partial charge is 0.272 e. The minimum absolute atomic E-state index is 0.0247. The van der Waals surface area contributed by atoms with E-state index in [4.69, 9.17) is 5.73 Å². The van der Waals surface area contributed by atoms with Crippen molar-refractivity contribution in [3.8, 4) is 5.75 Å². The molecule has 6 heteroatoms. The van der Waals surface area contributed by atoms with Gasteiger partial charge in [-0.2, -0.15) is 0 Å². The van der Waals surface area contributed by atoms with Crippen LogP contribution in [0.15, 0.2) is 12.1 Å². The zero-order valence-corrected chi connectivity index (χ0v) is 7.40. The molecule has 0 radical (unpaired) electrons. The summed E-state index contributed by atoms with van der Waals surface area (Å²) in [5, 5.41) is 19.6. The van der Waals surface area contributed by atoms with Gasteiger partial charge >= 0.3 is 0 Å². The highest BCUT2D eigenvalue weighted by atomic mass is 19.1. The highest BCUT2D eigenvalue weighted by Gasteiger charge is 2.17. The van der Waals surface area contributed by atoms with E-state index in [1.807, 2.05) is 0 Å². The Balaban J connectivity index is 3.35. The second-order valence-electron chi connectivity index (χ2n) is 2.91. The van der Waals surface area contributed by atoms with Gasteiger partial charge in [-0.15, -0.1) is 0 Å². The summed E-state index contributed by atoms with van der Waals surface area (Å²) in [5.41, 5.74) is 5.00. The van der Waals surface area contributed by atoms with Crippen molar-refractivity contribution in [1.82, 2.24) is 0 Å². The van der Waals surface area contributed by atoms with Crippen LogP contribution in [0.25, 0.3) is 0 Å². The predicted molar refractivity (Wildman–Crippen MR) is 47.3 cm³/mol. The van der Waals surface area contributed by atoms with Crippen molar-refractivity contribution in [3.63, 3.8) is 0 Å². The quantitative estimate of drug-likeness (QED) is 0.558. The summed E-state index contributed by atoms with van der Waals surface area (Å²) in [6, 6.07) is 1.05. The summed E-state index contributed by atoms with van der Waals surface area (Å²) in [5.74, 6) is -1.67. The molecule has 0 saturated carbocycles. The molecule has 0 fully saturated rings. The van der Waals surface area contributed by atoms with Crippen LogP contribution in [0.1, 0.15) is 18.5 Å². The molecule has 0 unspecified atom stereocenters. The Kier molecular flexibility index (Phi) is 2.66. The molecule has 0 aliphatic carbocycles. The number of hydrogen-bond donors (Lipinski definition) is 2. The summed E-state index contributed by atoms with van der Waals surface area (Å²) in [6.07, 6.45) is 0. The molecule has 0 aromatic heterocycles. The molecule has 3 N–H and O–H groups in total. The monoisotopic (exact) mass is 200 g/mol. The van der Waals surface area contributed by atoms with Gasteiger partial charge in [0.25, 0.3) is 5.69 Å². The van der Waals surface area contributed by atoms with Gasteiger partial charge in [-0.05, 0) is 6.92 Å². The molecule has 0 saturated heterocycles. The molecule has 1 atom stereocenters. The Bertz CT molecular complexity index is 379. The van der Waals surface area contributed by atoms with Crippen LogP contribution in [0.4, 0.5) is 10.1 Å². The van der Waals surface area contributed by atoms with Crippen LogP contribution in [-0.2, 0) is 0 Å². The molecule has 1 aromatic carbocycles. The Morgan fingerprint density at radius 1 is 1.64 bits per heavy atom. The second-order valence-corrected chi connectivity index (χ2v) is 2.91. The largest absolute Gasteiger partial charge is 0.505 e. The van der Waals surface area contributed by atoms with E-state index >= 15 is 0 Å². The van der Waals surface area contributed by atoms with E-state index in [1.165, 1.54) is 6.92 Å². The van der Waals surface area contributed by atoms with Gasteiger partial charge in [0.05, 0.1) is 11.0 Å². The summed E-state index contributed by atoms with van der Waals surface area (Å²) < 4.78 is 13.0. The lowest BCUT2D eigenvalue weighted by Gasteiger charge is -2.08. The van der Waals surface area contributed by atoms with E-state index in [1.54, 1.807) is 0 Å². The maximum atomic E-state index is 13.0. The van der Waals surface area contributed by atoms with Crippen molar-refractivity contribution >= 4 is 5.69 Å². The van der Waals surface area contributed by atoms with Gasteiger partial charge in [0.2, 0.25) is 0 Å². The lowest BCUT2D eigenvalue weighted by molar-refractivity contribution is -0.385. The van der Waals surface area contributed by atoms with E-state index in [0.717, 1.165) is 6.07 Å². The number of nitrogens with two attached hydrogens (primary N) is 1. The average molecular weight is 200 g/mol. The molecule has 0 amide bonds. The standard InChI is InChI=1S/C8H9FN2O3/c1-4(10)6-2-5(11(13)14)3-7(9)8(6)12/h2-4,12H,10H2,1H3/t4-/m1/s1. The molecule has 14 heavy (non-hydrogen) atoms. The SMILES string of the molecule is C[C@@H](N)c1cc([N+](=O)[O-])cc(F)c1O. The summed E-state index contributed by atoms with van der Waals surface area (Å²) in [6.45, 7) is 1.50. The maximum Gasteiger partial charge on any atom is 0.272 e. The zero-order chi connectivity index (χ0) is 10.9. The van der Waals surface area contributed by atoms with E-state index < -0.39 is 28.2 Å². The number of phenolic OH excluding ortho intramolecular Hbond substituents is 1. The van der Waals surface area contributed by atoms with Gasteiger partial charge in [0.15, 0.2) is 11.6 Å². The van der Waals surface area contributed by atoms with Gasteiger partial charge in [-0.25, -0.2) is 4.39 Å². The molecule has 76 valence electrons. The van der Waals surface area contributed by atoms with E-state index in [0.29, 0.717) is 6.07 Å². The van der Waals surface area contributed by atoms with Crippen molar-refractivity contribution < 1.29 is 14.4 Å². The molecule has 1 rings (SSSR count). The first-order valence-corrected chi connectivity index (χ1v) is 3.86. The van der Waals surface area contributed by atoms with E-state index in [2.05, 4.69) is 0 Å². The highest BCUT2D eigenvalue weighted by molar-refractivity contribution is 5.45. The minimum atomic E-state index is -1.04. The molecule has 0 aliphatic heterocycles. The third-order valence-corrected chi connectivity index (χ3v) is 1.78. The molecular weight excluding hydrogens is 191 g/mol. The number of nitrogens with zero attached hydrogens (tertiary/aromatic N) is 1. The Hall–Kier alpha value is -1.69. The first-order chi connectivity index (χ1) is 6.43. The minimum Gasteiger partial charge on any atom is -0.505 e. The molecular formula is C8H9FN2O3. The van der Waals surface area contributed by atoms with Gasteiger partial charge in [-0.3, -0.25) is 10.1 Å². The Morgan fingerprint density at radius 3 is 2.64 bits per heavy atom. The molecule has 5 nitrogen and oxygen atoms in total. The van der Waals surface area contributed by atoms with Gasteiger partial charge in [0, 0.05) is 17.7 Å². The van der Waals surface area contributed by atoms with Crippen LogP contribution in [0.5, 0.6) is 5.75 Å². The normalized spacial score (nSPS) is 12.5. The topological polar surface area (TPSA) is 89.4 Å². The summed E-state index contributed by atoms with van der Waals surface area (Å²) in [7, 11) is 0. The van der Waals surface area contributed by atoms with Crippen LogP contribution in [0.3, 0.4) is 0 Å². The number of hydrogen-bond acceptors (Lipinski definition) is 4. The van der Waals surface area contributed by atoms with Gasteiger partial charge < -0.3 is 10.8 Å². The number of non-ortho nitro benzene ring substituents is 1. The average Bonchev–Trinajstić information content (AvgIpc) is 2.08. The lowest BCUT2D eigenvalue weighted by Crippen LogP contribution is -2.06.